The molecule has 2 aromatic rings. The van der Waals surface area contributed by atoms with Gasteiger partial charge < -0.3 is 19.9 Å². The van der Waals surface area contributed by atoms with E-state index in [2.05, 4.69) is 15.3 Å². The monoisotopic (exact) mass is 355 g/mol. The zero-order valence-electron chi connectivity index (χ0n) is 14.6. The zero-order valence-corrected chi connectivity index (χ0v) is 14.6. The Bertz CT molecular complexity index is 758. The number of nitrogens with one attached hydrogen (secondary N) is 1. The normalized spacial score (nSPS) is 14.0. The number of piperazine rings is 1. The highest BCUT2D eigenvalue weighted by Gasteiger charge is 2.22. The third kappa shape index (κ3) is 4.27. The Morgan fingerprint density at radius 3 is 2.58 bits per heavy atom. The summed E-state index contributed by atoms with van der Waals surface area (Å²) in [6.07, 6.45) is 2.18. The Balaban J connectivity index is 1.66. The molecule has 1 fully saturated rings. The summed E-state index contributed by atoms with van der Waals surface area (Å²) in [7, 11) is 0. The molecule has 8 nitrogen and oxygen atoms in total. The van der Waals surface area contributed by atoms with Crippen molar-refractivity contribution in [3.63, 3.8) is 0 Å². The highest BCUT2D eigenvalue weighted by Crippen LogP contribution is 2.19. The predicted octanol–water partition coefficient (Wildman–Crippen LogP) is 1.53. The molecule has 1 N–H and O–H groups in total. The molecule has 136 valence electrons. The highest BCUT2D eigenvalue weighted by atomic mass is 16.5. The number of amides is 2. The van der Waals surface area contributed by atoms with Crippen LogP contribution in [0, 0.1) is 0 Å². The number of carbonyl (C=O) groups excluding carboxylic acids is 2. The number of hydrogen-bond acceptors (Lipinski definition) is 6. The maximum atomic E-state index is 12.6. The van der Waals surface area contributed by atoms with Crippen LogP contribution in [0.2, 0.25) is 0 Å². The van der Waals surface area contributed by atoms with Gasteiger partial charge in [-0.25, -0.2) is 9.97 Å². The molecule has 0 atom stereocenters. The Kier molecular flexibility index (Phi) is 5.62. The maximum Gasteiger partial charge on any atom is 0.272 e. The number of ether oxygens (including phenoxy) is 1. The first-order valence-corrected chi connectivity index (χ1v) is 8.50. The van der Waals surface area contributed by atoms with Gasteiger partial charge in [0.2, 0.25) is 6.41 Å². The van der Waals surface area contributed by atoms with E-state index in [0.717, 1.165) is 17.8 Å². The number of anilines is 2. The number of benzene rings is 1. The Hall–Kier alpha value is -3.16. The van der Waals surface area contributed by atoms with E-state index in [1.165, 1.54) is 6.33 Å². The van der Waals surface area contributed by atoms with Crippen molar-refractivity contribution in [1.82, 2.24) is 19.8 Å². The number of hydrogen-bond donors (Lipinski definition) is 1. The third-order valence-corrected chi connectivity index (χ3v) is 4.07. The van der Waals surface area contributed by atoms with Crippen LogP contribution in [0.1, 0.15) is 17.4 Å². The van der Waals surface area contributed by atoms with Gasteiger partial charge in [0.05, 0.1) is 6.61 Å². The SMILES string of the molecule is CCOc1ccc(Nc2cc(C(=O)N3CCN(C=O)CC3)ncn2)cc1. The van der Waals surface area contributed by atoms with E-state index in [4.69, 9.17) is 4.74 Å². The second kappa shape index (κ2) is 8.28. The van der Waals surface area contributed by atoms with Crippen LogP contribution in [0.25, 0.3) is 0 Å². The molecule has 2 amide bonds. The molecule has 0 saturated carbocycles. The quantitative estimate of drug-likeness (QED) is 0.791. The lowest BCUT2D eigenvalue weighted by Crippen LogP contribution is -2.48. The molecule has 26 heavy (non-hydrogen) atoms. The van der Waals surface area contributed by atoms with E-state index in [9.17, 15) is 9.59 Å². The average Bonchev–Trinajstić information content (AvgIpc) is 2.69. The minimum absolute atomic E-state index is 0.160. The number of aromatic nitrogens is 2. The number of carbonyl (C=O) groups is 2. The van der Waals surface area contributed by atoms with E-state index in [1.807, 2.05) is 31.2 Å². The van der Waals surface area contributed by atoms with Gasteiger partial charge >= 0.3 is 0 Å². The molecule has 3 rings (SSSR count). The summed E-state index contributed by atoms with van der Waals surface area (Å²) in [4.78, 5) is 35.0. The minimum Gasteiger partial charge on any atom is -0.494 e. The van der Waals surface area contributed by atoms with Crippen molar-refractivity contribution in [1.29, 1.82) is 0 Å². The molecule has 1 saturated heterocycles. The van der Waals surface area contributed by atoms with Gasteiger partial charge in [-0.3, -0.25) is 9.59 Å². The van der Waals surface area contributed by atoms with Crippen molar-refractivity contribution in [3.05, 3.63) is 42.4 Å². The van der Waals surface area contributed by atoms with Gasteiger partial charge in [0, 0.05) is 37.9 Å². The van der Waals surface area contributed by atoms with E-state index in [1.54, 1.807) is 15.9 Å². The summed E-state index contributed by atoms with van der Waals surface area (Å²) in [5.41, 5.74) is 1.16. The Morgan fingerprint density at radius 1 is 1.19 bits per heavy atom. The number of nitrogens with zero attached hydrogens (tertiary/aromatic N) is 4. The standard InChI is InChI=1S/C18H21N5O3/c1-2-26-15-5-3-14(4-6-15)21-17-11-16(19-12-20-17)18(25)23-9-7-22(13-24)8-10-23/h3-6,11-13H,2,7-10H2,1H3,(H,19,20,21). The molecule has 0 spiro atoms. The van der Waals surface area contributed by atoms with E-state index in [0.29, 0.717) is 44.3 Å². The van der Waals surface area contributed by atoms with E-state index < -0.39 is 0 Å². The second-order valence-corrected chi connectivity index (χ2v) is 5.80. The predicted molar refractivity (Wildman–Crippen MR) is 96.5 cm³/mol. The molecular weight excluding hydrogens is 334 g/mol. The molecule has 1 aliphatic heterocycles. The smallest absolute Gasteiger partial charge is 0.272 e. The molecule has 1 aromatic heterocycles. The Morgan fingerprint density at radius 2 is 1.92 bits per heavy atom. The van der Waals surface area contributed by atoms with Gasteiger partial charge in [0.25, 0.3) is 5.91 Å². The van der Waals surface area contributed by atoms with Crippen LogP contribution in [0.3, 0.4) is 0 Å². The third-order valence-electron chi connectivity index (χ3n) is 4.07. The summed E-state index contributed by atoms with van der Waals surface area (Å²) in [6.45, 7) is 4.64. The summed E-state index contributed by atoms with van der Waals surface area (Å²) in [5.74, 6) is 1.18. The first-order chi connectivity index (χ1) is 12.7. The minimum atomic E-state index is -0.160. The first-order valence-electron chi connectivity index (χ1n) is 8.50. The molecule has 0 unspecified atom stereocenters. The van der Waals surface area contributed by atoms with E-state index in [-0.39, 0.29) is 5.91 Å². The average molecular weight is 355 g/mol. The van der Waals surface area contributed by atoms with Crippen LogP contribution < -0.4 is 10.1 Å². The van der Waals surface area contributed by atoms with Gasteiger partial charge in [-0.1, -0.05) is 0 Å². The molecule has 2 heterocycles. The molecule has 0 radical (unpaired) electrons. The van der Waals surface area contributed by atoms with Crippen LogP contribution in [-0.4, -0.2) is 64.9 Å². The maximum absolute atomic E-state index is 12.6. The van der Waals surface area contributed by atoms with Gasteiger partial charge in [-0.15, -0.1) is 0 Å². The van der Waals surface area contributed by atoms with Gasteiger partial charge in [-0.05, 0) is 31.2 Å². The number of rotatable bonds is 6. The van der Waals surface area contributed by atoms with Crippen molar-refractivity contribution in [2.24, 2.45) is 0 Å². The van der Waals surface area contributed by atoms with Crippen LogP contribution >= 0.6 is 0 Å². The molecule has 8 heteroatoms. The van der Waals surface area contributed by atoms with Crippen LogP contribution in [0.15, 0.2) is 36.7 Å². The lowest BCUT2D eigenvalue weighted by molar-refractivity contribution is -0.119. The van der Waals surface area contributed by atoms with Gasteiger partial charge in [-0.2, -0.15) is 0 Å². The van der Waals surface area contributed by atoms with Crippen molar-refractivity contribution in [3.8, 4) is 5.75 Å². The van der Waals surface area contributed by atoms with Crippen molar-refractivity contribution >= 4 is 23.8 Å². The molecule has 1 aromatic carbocycles. The summed E-state index contributed by atoms with van der Waals surface area (Å²) in [6, 6.07) is 9.13. The van der Waals surface area contributed by atoms with Crippen molar-refractivity contribution in [2.45, 2.75) is 6.92 Å². The Labute approximate surface area is 151 Å². The fraction of sp³-hybridized carbons (Fsp3) is 0.333. The largest absolute Gasteiger partial charge is 0.494 e. The lowest BCUT2D eigenvalue weighted by atomic mass is 10.2. The van der Waals surface area contributed by atoms with E-state index >= 15 is 0 Å². The second-order valence-electron chi connectivity index (χ2n) is 5.80. The molecule has 0 aliphatic carbocycles. The topological polar surface area (TPSA) is 87.7 Å². The van der Waals surface area contributed by atoms with Crippen LogP contribution in [0.5, 0.6) is 5.75 Å². The zero-order chi connectivity index (χ0) is 18.4. The van der Waals surface area contributed by atoms with Crippen LogP contribution in [-0.2, 0) is 4.79 Å². The highest BCUT2D eigenvalue weighted by molar-refractivity contribution is 5.93. The van der Waals surface area contributed by atoms with Crippen molar-refractivity contribution in [2.75, 3.05) is 38.1 Å². The summed E-state index contributed by atoms with van der Waals surface area (Å²) in [5, 5.41) is 3.16. The fourth-order valence-electron chi connectivity index (χ4n) is 2.68. The van der Waals surface area contributed by atoms with Gasteiger partial charge in [0.15, 0.2) is 0 Å². The summed E-state index contributed by atoms with van der Waals surface area (Å²) < 4.78 is 5.42. The van der Waals surface area contributed by atoms with Crippen molar-refractivity contribution < 1.29 is 14.3 Å². The summed E-state index contributed by atoms with van der Waals surface area (Å²) >= 11 is 0. The lowest BCUT2D eigenvalue weighted by Gasteiger charge is -2.32. The van der Waals surface area contributed by atoms with Gasteiger partial charge in [0.1, 0.15) is 23.6 Å². The molecule has 1 aliphatic rings. The molecular formula is C18H21N5O3. The first kappa shape index (κ1) is 17.7. The van der Waals surface area contributed by atoms with Crippen LogP contribution in [0.4, 0.5) is 11.5 Å². The molecule has 0 bridgehead atoms. The fourth-order valence-corrected chi connectivity index (χ4v) is 2.68.